The first-order chi connectivity index (χ1) is 12.8. The Morgan fingerprint density at radius 1 is 1.00 bits per heavy atom. The molecule has 0 bridgehead atoms. The molecule has 1 heterocycles. The van der Waals surface area contributed by atoms with E-state index in [0.29, 0.717) is 13.0 Å². The van der Waals surface area contributed by atoms with Crippen molar-refractivity contribution in [3.63, 3.8) is 0 Å². The van der Waals surface area contributed by atoms with E-state index in [1.807, 2.05) is 72.8 Å². The van der Waals surface area contributed by atoms with Crippen LogP contribution in [0.1, 0.15) is 22.7 Å². The molecule has 1 atom stereocenters. The number of pyridine rings is 1. The van der Waals surface area contributed by atoms with Gasteiger partial charge in [-0.05, 0) is 35.4 Å². The number of benzene rings is 2. The number of amides is 1. The van der Waals surface area contributed by atoms with Crippen LogP contribution in [0.4, 0.5) is 0 Å². The van der Waals surface area contributed by atoms with Gasteiger partial charge in [-0.15, -0.1) is 0 Å². The molecule has 3 aromatic rings. The third kappa shape index (κ3) is 4.70. The minimum atomic E-state index is -0.274. The minimum absolute atomic E-state index is 0.00216. The molecule has 4 heteroatoms. The van der Waals surface area contributed by atoms with E-state index in [9.17, 15) is 4.79 Å². The van der Waals surface area contributed by atoms with Gasteiger partial charge in [0.05, 0.1) is 13.0 Å². The maximum Gasteiger partial charge on any atom is 0.228 e. The first kappa shape index (κ1) is 17.7. The van der Waals surface area contributed by atoms with Gasteiger partial charge in [-0.1, -0.05) is 48.5 Å². The molecule has 1 N–H and O–H groups in total. The monoisotopic (exact) mass is 346 g/mol. The average Bonchev–Trinajstić information content (AvgIpc) is 2.72. The number of carbonyl (C=O) groups excluding carboxylic acids is 1. The smallest absolute Gasteiger partial charge is 0.228 e. The second-order valence-electron chi connectivity index (χ2n) is 6.05. The highest BCUT2D eigenvalue weighted by atomic mass is 16.5. The molecule has 4 nitrogen and oxygen atoms in total. The van der Waals surface area contributed by atoms with Gasteiger partial charge in [0.25, 0.3) is 0 Å². The summed E-state index contributed by atoms with van der Waals surface area (Å²) in [5.41, 5.74) is 2.93. The van der Waals surface area contributed by atoms with Crippen molar-refractivity contribution in [2.45, 2.75) is 18.9 Å². The molecule has 26 heavy (non-hydrogen) atoms. The number of hydrogen-bond acceptors (Lipinski definition) is 3. The Hall–Kier alpha value is -3.14. The van der Waals surface area contributed by atoms with Crippen LogP contribution in [0.5, 0.6) is 5.75 Å². The Balaban J connectivity index is 1.71. The second kappa shape index (κ2) is 8.81. The number of nitrogens with zero attached hydrogens (tertiary/aromatic N) is 1. The largest absolute Gasteiger partial charge is 0.497 e. The van der Waals surface area contributed by atoms with Crippen LogP contribution in [-0.2, 0) is 17.8 Å². The van der Waals surface area contributed by atoms with Crippen LogP contribution >= 0.6 is 0 Å². The molecule has 0 saturated carbocycles. The normalized spacial score (nSPS) is 11.6. The summed E-state index contributed by atoms with van der Waals surface area (Å²) in [5.74, 6) is 0.527. The van der Waals surface area contributed by atoms with E-state index in [-0.39, 0.29) is 11.8 Å². The summed E-state index contributed by atoms with van der Waals surface area (Å²) < 4.78 is 5.16. The summed E-state index contributed by atoms with van der Waals surface area (Å²) >= 11 is 0. The number of methoxy groups -OCH3 is 1. The molecule has 3 rings (SSSR count). The van der Waals surface area contributed by atoms with Crippen molar-refractivity contribution in [3.8, 4) is 5.75 Å². The molecule has 0 radical (unpaired) electrons. The molecular formula is C22H22N2O2. The minimum Gasteiger partial charge on any atom is -0.497 e. The lowest BCUT2D eigenvalue weighted by molar-refractivity contribution is -0.122. The van der Waals surface area contributed by atoms with E-state index in [0.717, 1.165) is 22.6 Å². The van der Waals surface area contributed by atoms with E-state index in [2.05, 4.69) is 10.3 Å². The Kier molecular flexibility index (Phi) is 5.99. The van der Waals surface area contributed by atoms with Gasteiger partial charge in [0.1, 0.15) is 5.75 Å². The zero-order valence-electron chi connectivity index (χ0n) is 14.8. The lowest BCUT2D eigenvalue weighted by Gasteiger charge is -2.17. The van der Waals surface area contributed by atoms with E-state index < -0.39 is 0 Å². The number of carbonyl (C=O) groups is 1. The van der Waals surface area contributed by atoms with E-state index in [1.165, 1.54) is 0 Å². The molecule has 2 aromatic carbocycles. The number of ether oxygens (including phenoxy) is 1. The molecule has 0 aliphatic carbocycles. The Morgan fingerprint density at radius 2 is 1.73 bits per heavy atom. The van der Waals surface area contributed by atoms with Crippen LogP contribution in [0, 0.1) is 0 Å². The van der Waals surface area contributed by atoms with Crippen molar-refractivity contribution in [1.29, 1.82) is 0 Å². The fourth-order valence-electron chi connectivity index (χ4n) is 2.83. The summed E-state index contributed by atoms with van der Waals surface area (Å²) in [6.07, 6.45) is 2.33. The first-order valence-electron chi connectivity index (χ1n) is 8.62. The molecule has 1 amide bonds. The van der Waals surface area contributed by atoms with Crippen LogP contribution in [0.2, 0.25) is 0 Å². The van der Waals surface area contributed by atoms with Gasteiger partial charge in [0.15, 0.2) is 0 Å². The van der Waals surface area contributed by atoms with Gasteiger partial charge < -0.3 is 10.1 Å². The third-order valence-electron chi connectivity index (χ3n) is 4.28. The zero-order chi connectivity index (χ0) is 18.2. The van der Waals surface area contributed by atoms with Crippen LogP contribution in [-0.4, -0.2) is 18.0 Å². The number of nitrogens with one attached hydrogen (secondary N) is 1. The van der Waals surface area contributed by atoms with Gasteiger partial charge in [-0.3, -0.25) is 9.78 Å². The second-order valence-corrected chi connectivity index (χ2v) is 6.05. The van der Waals surface area contributed by atoms with Crippen molar-refractivity contribution in [1.82, 2.24) is 10.3 Å². The van der Waals surface area contributed by atoms with Crippen molar-refractivity contribution >= 4 is 5.91 Å². The third-order valence-corrected chi connectivity index (χ3v) is 4.28. The maximum atomic E-state index is 12.9. The quantitative estimate of drug-likeness (QED) is 0.709. The molecule has 0 saturated heterocycles. The predicted molar refractivity (Wildman–Crippen MR) is 102 cm³/mol. The fourth-order valence-corrected chi connectivity index (χ4v) is 2.83. The van der Waals surface area contributed by atoms with Crippen molar-refractivity contribution < 1.29 is 9.53 Å². The Morgan fingerprint density at radius 3 is 2.38 bits per heavy atom. The molecule has 0 spiro atoms. The van der Waals surface area contributed by atoms with Crippen LogP contribution in [0.25, 0.3) is 0 Å². The summed E-state index contributed by atoms with van der Waals surface area (Å²) in [7, 11) is 1.64. The number of aromatic nitrogens is 1. The van der Waals surface area contributed by atoms with Crippen LogP contribution in [0.15, 0.2) is 79.0 Å². The summed E-state index contributed by atoms with van der Waals surface area (Å²) in [5, 5.41) is 3.05. The number of rotatable bonds is 7. The highest BCUT2D eigenvalue weighted by Crippen LogP contribution is 2.21. The predicted octanol–water partition coefficient (Wildman–Crippen LogP) is 3.73. The summed E-state index contributed by atoms with van der Waals surface area (Å²) in [4.78, 5) is 17.3. The fraction of sp³-hybridized carbons (Fsp3) is 0.182. The molecule has 0 fully saturated rings. The molecule has 0 aliphatic rings. The Labute approximate surface area is 153 Å². The molecular weight excluding hydrogens is 324 g/mol. The maximum absolute atomic E-state index is 12.9. The van der Waals surface area contributed by atoms with Gasteiger partial charge in [0.2, 0.25) is 5.91 Å². The Bertz CT molecular complexity index is 818. The lowest BCUT2D eigenvalue weighted by atomic mass is 9.93. The molecule has 132 valence electrons. The van der Waals surface area contributed by atoms with Gasteiger partial charge in [-0.2, -0.15) is 0 Å². The highest BCUT2D eigenvalue weighted by molar-refractivity contribution is 5.83. The highest BCUT2D eigenvalue weighted by Gasteiger charge is 2.21. The van der Waals surface area contributed by atoms with Crippen LogP contribution < -0.4 is 10.1 Å². The van der Waals surface area contributed by atoms with Gasteiger partial charge >= 0.3 is 0 Å². The molecule has 1 aromatic heterocycles. The van der Waals surface area contributed by atoms with E-state index in [1.54, 1.807) is 13.3 Å². The zero-order valence-corrected chi connectivity index (χ0v) is 14.8. The SMILES string of the molecule is COc1ccc(CNC(=O)C(Cc2ccccn2)c2ccccc2)cc1. The van der Waals surface area contributed by atoms with E-state index >= 15 is 0 Å². The topological polar surface area (TPSA) is 51.2 Å². The lowest BCUT2D eigenvalue weighted by Crippen LogP contribution is -2.30. The van der Waals surface area contributed by atoms with Crippen molar-refractivity contribution in [3.05, 3.63) is 95.8 Å². The van der Waals surface area contributed by atoms with E-state index in [4.69, 9.17) is 4.74 Å². The number of hydrogen-bond donors (Lipinski definition) is 1. The molecule has 0 aliphatic heterocycles. The molecule has 1 unspecified atom stereocenters. The van der Waals surface area contributed by atoms with Crippen LogP contribution in [0.3, 0.4) is 0 Å². The summed E-state index contributed by atoms with van der Waals surface area (Å²) in [6.45, 7) is 0.481. The average molecular weight is 346 g/mol. The van der Waals surface area contributed by atoms with Crippen molar-refractivity contribution in [2.75, 3.05) is 7.11 Å². The summed E-state index contributed by atoms with van der Waals surface area (Å²) in [6, 6.07) is 23.3. The van der Waals surface area contributed by atoms with Gasteiger partial charge in [-0.25, -0.2) is 0 Å². The van der Waals surface area contributed by atoms with Crippen molar-refractivity contribution in [2.24, 2.45) is 0 Å². The first-order valence-corrected chi connectivity index (χ1v) is 8.62. The van der Waals surface area contributed by atoms with Gasteiger partial charge in [0, 0.05) is 24.9 Å². The standard InChI is InChI=1S/C22H22N2O2/c1-26-20-12-10-17(11-13-20)16-24-22(25)21(18-7-3-2-4-8-18)15-19-9-5-6-14-23-19/h2-14,21H,15-16H2,1H3,(H,24,25).